The highest BCUT2D eigenvalue weighted by molar-refractivity contribution is 7.99. The van der Waals surface area contributed by atoms with Gasteiger partial charge in [-0.25, -0.2) is 44.9 Å². The number of rotatable bonds is 17. The third kappa shape index (κ3) is 24.3. The summed E-state index contributed by atoms with van der Waals surface area (Å²) in [5.41, 5.74) is 16.2. The SMILES string of the molecule is CCc1ncsc1CSc1nc(C)cc(=O)[nH]1.CCc1ncsc1CSc1nc(C)cc(=O)[nH]1.Cc1cc(=O)[nH]c(S(=O)Cc2c(Cl)ncnc2Cl)n1.Cc1cc(=O)[nH]c(SCc2c(C)cncc2C)n1.Cc1cc(=O)[nH]c(SCc2c(C)cncc2C)n1.Cl. The number of hydrogen-bond acceptors (Lipinski definition) is 23. The first-order valence-electron chi connectivity index (χ1n) is 27.0. The second kappa shape index (κ2) is 37.1. The molecule has 0 saturated heterocycles. The second-order valence-electron chi connectivity index (χ2n) is 19.2. The van der Waals surface area contributed by atoms with Crippen molar-refractivity contribution < 1.29 is 4.21 Å². The van der Waals surface area contributed by atoms with Crippen molar-refractivity contribution in [2.45, 2.75) is 144 Å². The summed E-state index contributed by atoms with van der Waals surface area (Å²) in [5, 5.41) is 3.00. The van der Waals surface area contributed by atoms with Crippen molar-refractivity contribution in [1.29, 1.82) is 0 Å². The Morgan fingerprint density at radius 3 is 1.07 bits per heavy atom. The Morgan fingerprint density at radius 1 is 0.444 bits per heavy atom. The number of hydrogen-bond donors (Lipinski definition) is 5. The van der Waals surface area contributed by atoms with Crippen LogP contribution in [0.4, 0.5) is 0 Å². The molecular weight excluding hydrogens is 1350 g/mol. The number of aromatic amines is 5. The van der Waals surface area contributed by atoms with Gasteiger partial charge in [0.25, 0.3) is 27.8 Å². The van der Waals surface area contributed by atoms with Gasteiger partial charge in [-0.05, 0) is 109 Å². The summed E-state index contributed by atoms with van der Waals surface area (Å²) in [6.45, 7) is 21.3. The lowest BCUT2D eigenvalue weighted by Crippen LogP contribution is -2.13. The van der Waals surface area contributed by atoms with Crippen molar-refractivity contribution in [2.24, 2.45) is 0 Å². The van der Waals surface area contributed by atoms with Gasteiger partial charge in [0.2, 0.25) is 0 Å². The van der Waals surface area contributed by atoms with Gasteiger partial charge in [0.15, 0.2) is 25.8 Å². The predicted octanol–water partition coefficient (Wildman–Crippen LogP) is 11.4. The maximum absolute atomic E-state index is 12.1. The summed E-state index contributed by atoms with van der Waals surface area (Å²) in [7, 11) is -1.59. The van der Waals surface area contributed by atoms with E-state index in [-0.39, 0.29) is 61.4 Å². The number of nitrogens with zero attached hydrogens (tertiary/aromatic N) is 11. The van der Waals surface area contributed by atoms with Crippen molar-refractivity contribution in [3.8, 4) is 0 Å². The molecule has 90 heavy (non-hydrogen) atoms. The third-order valence-corrected chi connectivity index (χ3v) is 19.6. The Balaban J connectivity index is 0.000000204. The van der Waals surface area contributed by atoms with Gasteiger partial charge in [-0.2, -0.15) is 0 Å². The first kappa shape index (κ1) is 74.2. The van der Waals surface area contributed by atoms with Crippen LogP contribution in [0.15, 0.2) is 122 Å². The average molecular weight is 1410 g/mol. The van der Waals surface area contributed by atoms with Crippen LogP contribution in [0.3, 0.4) is 0 Å². The molecule has 1 unspecified atom stereocenters. The van der Waals surface area contributed by atoms with Gasteiger partial charge >= 0.3 is 0 Å². The Bertz CT molecular complexity index is 4080. The zero-order valence-electron chi connectivity index (χ0n) is 50.8. The molecule has 10 aromatic rings. The first-order chi connectivity index (χ1) is 42.5. The van der Waals surface area contributed by atoms with Gasteiger partial charge in [0, 0.05) is 122 Å². The Kier molecular flexibility index (Phi) is 30.6. The van der Waals surface area contributed by atoms with Crippen molar-refractivity contribution in [1.82, 2.24) is 79.7 Å². The lowest BCUT2D eigenvalue weighted by molar-refractivity contribution is 0.673. The maximum atomic E-state index is 12.1. The van der Waals surface area contributed by atoms with Gasteiger partial charge in [-0.1, -0.05) is 84.1 Å². The fourth-order valence-corrected chi connectivity index (χ4v) is 15.5. The molecule has 0 aromatic carbocycles. The quantitative estimate of drug-likeness (QED) is 0.0321. The zero-order chi connectivity index (χ0) is 64.7. The minimum atomic E-state index is -1.59. The molecule has 32 heteroatoms. The van der Waals surface area contributed by atoms with E-state index < -0.39 is 10.8 Å². The Labute approximate surface area is 562 Å². The molecular formula is C58H65Cl3N16O6S7. The van der Waals surface area contributed by atoms with E-state index in [4.69, 9.17) is 23.2 Å². The fourth-order valence-electron chi connectivity index (χ4n) is 7.69. The molecule has 5 N–H and O–H groups in total. The van der Waals surface area contributed by atoms with Crippen LogP contribution in [0.1, 0.15) is 102 Å². The van der Waals surface area contributed by atoms with E-state index in [9.17, 15) is 28.2 Å². The molecule has 0 aliphatic carbocycles. The molecule has 0 bridgehead atoms. The predicted molar refractivity (Wildman–Crippen MR) is 366 cm³/mol. The maximum Gasteiger partial charge on any atom is 0.251 e. The van der Waals surface area contributed by atoms with Crippen LogP contribution >= 0.6 is 105 Å². The molecule has 10 heterocycles. The molecule has 22 nitrogen and oxygen atoms in total. The van der Waals surface area contributed by atoms with Gasteiger partial charge in [0.05, 0.1) is 39.0 Å². The van der Waals surface area contributed by atoms with Gasteiger partial charge in [-0.15, -0.1) is 35.1 Å². The van der Waals surface area contributed by atoms with E-state index >= 15 is 0 Å². The number of thiazole rings is 2. The molecule has 0 aliphatic rings. The van der Waals surface area contributed by atoms with Crippen LogP contribution in [0, 0.1) is 62.3 Å². The third-order valence-electron chi connectivity index (χ3n) is 12.1. The summed E-state index contributed by atoms with van der Waals surface area (Å²) < 4.78 is 12.1. The summed E-state index contributed by atoms with van der Waals surface area (Å²) in [5.74, 6) is 3.16. The van der Waals surface area contributed by atoms with Gasteiger partial charge in [-0.3, -0.25) is 43.1 Å². The van der Waals surface area contributed by atoms with Crippen molar-refractivity contribution >= 4 is 116 Å². The van der Waals surface area contributed by atoms with E-state index in [1.54, 1.807) is 29.6 Å². The van der Waals surface area contributed by atoms with Gasteiger partial charge < -0.3 is 19.9 Å². The van der Waals surface area contributed by atoms with Crippen LogP contribution in [0.25, 0.3) is 0 Å². The van der Waals surface area contributed by atoms with E-state index in [0.29, 0.717) is 31.9 Å². The second-order valence-corrected chi connectivity index (χ2v) is 27.0. The Hall–Kier alpha value is -6.54. The van der Waals surface area contributed by atoms with Crippen molar-refractivity contribution in [2.75, 3.05) is 0 Å². The molecule has 1 atom stereocenters. The minimum absolute atomic E-state index is 0. The van der Waals surface area contributed by atoms with Crippen LogP contribution in [-0.4, -0.2) is 84.0 Å². The standard InChI is InChI=1S/2C13H15N3OS.2C11H13N3OS2.C10H8Cl2N4O2S.ClH/c2*1-8-5-14-6-9(2)11(8)7-18-13-15-10(3)4-12(17)16-13;2*1-3-8-9(17-6-12-8)5-16-11-13-7(2)4-10(15)14-11;1-5-2-7(17)16-10(15-5)19(18)3-6-8(11)13-4-14-9(6)12;/h2*4-6H,7H2,1-3H3,(H,15,16,17);2*4,6H,3,5H2,1-2H3,(H,13,14,15);2,4H,3H2,1H3,(H,15,16,17);1H. The molecule has 0 aliphatic heterocycles. The smallest absolute Gasteiger partial charge is 0.251 e. The summed E-state index contributed by atoms with van der Waals surface area (Å²) in [4.78, 5) is 118. The molecule has 10 rings (SSSR count). The average Bonchev–Trinajstić information content (AvgIpc) is 3.29. The zero-order valence-corrected chi connectivity index (χ0v) is 58.8. The molecule has 0 fully saturated rings. The molecule has 0 saturated carbocycles. The lowest BCUT2D eigenvalue weighted by atomic mass is 10.1. The van der Waals surface area contributed by atoms with E-state index in [1.165, 1.54) is 105 Å². The first-order valence-corrected chi connectivity index (χ1v) is 34.8. The molecule has 476 valence electrons. The molecule has 0 radical (unpaired) electrons. The van der Waals surface area contributed by atoms with Crippen LogP contribution in [0.2, 0.25) is 10.3 Å². The fraction of sp³-hybridized carbons (Fsp3) is 0.310. The highest BCUT2D eigenvalue weighted by atomic mass is 35.5. The van der Waals surface area contributed by atoms with Crippen LogP contribution in [0.5, 0.6) is 0 Å². The van der Waals surface area contributed by atoms with E-state index in [2.05, 4.69) is 93.6 Å². The largest absolute Gasteiger partial charge is 0.301 e. The lowest BCUT2D eigenvalue weighted by Gasteiger charge is -2.08. The molecule has 0 amide bonds. The number of H-pyrrole nitrogens is 5. The van der Waals surface area contributed by atoms with Crippen molar-refractivity contribution in [3.05, 3.63) is 223 Å². The topological polar surface area (TPSA) is 323 Å². The highest BCUT2D eigenvalue weighted by Crippen LogP contribution is 2.28. The molecule has 10 aromatic heterocycles. The summed E-state index contributed by atoms with van der Waals surface area (Å²) >= 11 is 21.2. The number of thioether (sulfide) groups is 4. The normalized spacial score (nSPS) is 10.9. The monoisotopic (exact) mass is 1410 g/mol. The van der Waals surface area contributed by atoms with Gasteiger partial charge in [0.1, 0.15) is 16.6 Å². The van der Waals surface area contributed by atoms with Crippen LogP contribution < -0.4 is 27.8 Å². The van der Waals surface area contributed by atoms with E-state index in [1.807, 2.05) is 91.2 Å². The summed E-state index contributed by atoms with van der Waals surface area (Å²) in [6, 6.07) is 7.29. The van der Waals surface area contributed by atoms with Crippen LogP contribution in [-0.2, 0) is 52.4 Å². The highest BCUT2D eigenvalue weighted by Gasteiger charge is 2.16. The number of aryl methyl sites for hydroxylation is 11. The van der Waals surface area contributed by atoms with Crippen molar-refractivity contribution in [3.63, 3.8) is 0 Å². The summed E-state index contributed by atoms with van der Waals surface area (Å²) in [6.07, 6.45) is 10.5. The van der Waals surface area contributed by atoms with E-state index in [0.717, 1.165) is 92.3 Å². The number of halogens is 3. The number of nitrogens with one attached hydrogen (secondary N) is 5. The minimum Gasteiger partial charge on any atom is -0.301 e. The number of pyridine rings is 2. The molecule has 0 spiro atoms. The Morgan fingerprint density at radius 2 is 0.756 bits per heavy atom. The number of aromatic nitrogens is 16.